The average Bonchev–Trinajstić information content (AvgIpc) is 2.79. The number of hydrogen-bond donors (Lipinski definition) is 2. The molecule has 1 aromatic carbocycles. The van der Waals surface area contributed by atoms with Crippen molar-refractivity contribution in [2.45, 2.75) is 57.1 Å². The number of hydrogen-bond acceptors (Lipinski definition) is 4. The highest BCUT2D eigenvalue weighted by Gasteiger charge is 2.38. The number of para-hydroxylation sites is 1. The maximum absolute atomic E-state index is 6.50. The summed E-state index contributed by atoms with van der Waals surface area (Å²) >= 11 is 0. The van der Waals surface area contributed by atoms with Gasteiger partial charge in [-0.25, -0.2) is 0 Å². The average molecular weight is 332 g/mol. The van der Waals surface area contributed by atoms with Crippen LogP contribution in [-0.4, -0.2) is 43.2 Å². The number of benzene rings is 1. The van der Waals surface area contributed by atoms with Crippen LogP contribution in [0.3, 0.4) is 0 Å². The van der Waals surface area contributed by atoms with Crippen LogP contribution in [0.4, 0.5) is 0 Å². The molecule has 0 amide bonds. The predicted molar refractivity (Wildman–Crippen MR) is 99.3 cm³/mol. The van der Waals surface area contributed by atoms with Gasteiger partial charge in [-0.1, -0.05) is 37.5 Å². The van der Waals surface area contributed by atoms with Crippen LogP contribution >= 0.6 is 0 Å². The first-order valence-electron chi connectivity index (χ1n) is 9.71. The quantitative estimate of drug-likeness (QED) is 0.754. The lowest BCUT2D eigenvalue weighted by Crippen LogP contribution is -2.52. The van der Waals surface area contributed by atoms with Crippen LogP contribution in [0.15, 0.2) is 24.3 Å². The van der Waals surface area contributed by atoms with Crippen molar-refractivity contribution in [2.24, 2.45) is 5.73 Å². The fourth-order valence-electron chi connectivity index (χ4n) is 3.92. The Morgan fingerprint density at radius 2 is 1.79 bits per heavy atom. The number of rotatable bonds is 7. The zero-order chi connectivity index (χ0) is 16.7. The lowest BCUT2D eigenvalue weighted by atomic mass is 9.90. The van der Waals surface area contributed by atoms with Gasteiger partial charge in [0.2, 0.25) is 0 Å². The zero-order valence-corrected chi connectivity index (χ0v) is 14.9. The molecule has 4 heteroatoms. The van der Waals surface area contributed by atoms with Gasteiger partial charge in [0.1, 0.15) is 11.4 Å². The summed E-state index contributed by atoms with van der Waals surface area (Å²) in [5, 5.41) is 3.60. The van der Waals surface area contributed by atoms with Crippen molar-refractivity contribution >= 4 is 0 Å². The first-order valence-corrected chi connectivity index (χ1v) is 9.71. The second kappa shape index (κ2) is 8.84. The monoisotopic (exact) mass is 331 g/mol. The molecule has 0 radical (unpaired) electrons. The van der Waals surface area contributed by atoms with Crippen molar-refractivity contribution in [3.05, 3.63) is 29.8 Å². The van der Waals surface area contributed by atoms with Gasteiger partial charge < -0.3 is 20.7 Å². The summed E-state index contributed by atoms with van der Waals surface area (Å²) in [6, 6.07) is 8.47. The first-order chi connectivity index (χ1) is 11.8. The van der Waals surface area contributed by atoms with Gasteiger partial charge in [0.25, 0.3) is 0 Å². The Morgan fingerprint density at radius 3 is 2.62 bits per heavy atom. The van der Waals surface area contributed by atoms with E-state index in [0.717, 1.165) is 51.3 Å². The molecule has 2 aliphatic heterocycles. The molecule has 0 aliphatic carbocycles. The van der Waals surface area contributed by atoms with E-state index in [9.17, 15) is 0 Å². The molecule has 2 aliphatic rings. The van der Waals surface area contributed by atoms with Crippen molar-refractivity contribution in [3.8, 4) is 5.75 Å². The Kier molecular flexibility index (Phi) is 6.52. The standard InChI is InChI=1S/C20H33N3O/c21-12-6-2-1-3-7-13-23-14-10-20(11-15-23)17-22-16-18-8-4-5-9-19(18)24-20/h4-5,8-9,22H,1-3,6-7,10-17,21H2. The number of nitrogens with one attached hydrogen (secondary N) is 1. The predicted octanol–water partition coefficient (Wildman–Crippen LogP) is 2.91. The summed E-state index contributed by atoms with van der Waals surface area (Å²) in [6.07, 6.45) is 8.71. The van der Waals surface area contributed by atoms with Gasteiger partial charge in [0.15, 0.2) is 0 Å². The fraction of sp³-hybridized carbons (Fsp3) is 0.700. The topological polar surface area (TPSA) is 50.5 Å². The normalized spacial score (nSPS) is 20.4. The number of nitrogens with two attached hydrogens (primary N) is 1. The van der Waals surface area contributed by atoms with Crippen molar-refractivity contribution in [3.63, 3.8) is 0 Å². The molecule has 3 rings (SSSR count). The van der Waals surface area contributed by atoms with Gasteiger partial charge in [-0.15, -0.1) is 0 Å². The van der Waals surface area contributed by atoms with E-state index in [2.05, 4.69) is 34.5 Å². The maximum Gasteiger partial charge on any atom is 0.124 e. The van der Waals surface area contributed by atoms with E-state index in [1.165, 1.54) is 44.2 Å². The summed E-state index contributed by atoms with van der Waals surface area (Å²) in [6.45, 7) is 6.28. The highest BCUT2D eigenvalue weighted by atomic mass is 16.5. The van der Waals surface area contributed by atoms with Crippen molar-refractivity contribution in [1.82, 2.24) is 10.2 Å². The lowest BCUT2D eigenvalue weighted by molar-refractivity contribution is 0.00560. The molecule has 1 spiro atoms. The largest absolute Gasteiger partial charge is 0.486 e. The Bertz CT molecular complexity index is 497. The fourth-order valence-corrected chi connectivity index (χ4v) is 3.92. The Morgan fingerprint density at radius 1 is 1.04 bits per heavy atom. The molecule has 0 atom stereocenters. The van der Waals surface area contributed by atoms with Gasteiger partial charge >= 0.3 is 0 Å². The minimum Gasteiger partial charge on any atom is -0.486 e. The molecule has 2 heterocycles. The maximum atomic E-state index is 6.50. The summed E-state index contributed by atoms with van der Waals surface area (Å²) in [5.41, 5.74) is 6.82. The van der Waals surface area contributed by atoms with Crippen molar-refractivity contribution in [2.75, 3.05) is 32.7 Å². The molecule has 1 saturated heterocycles. The summed E-state index contributed by atoms with van der Waals surface area (Å²) in [4.78, 5) is 2.62. The molecular weight excluding hydrogens is 298 g/mol. The van der Waals surface area contributed by atoms with Crippen LogP contribution in [0.1, 0.15) is 50.5 Å². The van der Waals surface area contributed by atoms with Crippen LogP contribution in [-0.2, 0) is 6.54 Å². The van der Waals surface area contributed by atoms with E-state index in [1.54, 1.807) is 0 Å². The third-order valence-electron chi connectivity index (χ3n) is 5.51. The van der Waals surface area contributed by atoms with E-state index in [1.807, 2.05) is 0 Å². The summed E-state index contributed by atoms with van der Waals surface area (Å²) < 4.78 is 6.50. The number of fused-ring (bicyclic) bond motifs is 1. The van der Waals surface area contributed by atoms with E-state index in [-0.39, 0.29) is 5.60 Å². The highest BCUT2D eigenvalue weighted by Crippen LogP contribution is 2.32. The molecule has 4 nitrogen and oxygen atoms in total. The molecule has 0 saturated carbocycles. The molecule has 134 valence electrons. The van der Waals surface area contributed by atoms with Crippen molar-refractivity contribution in [1.29, 1.82) is 0 Å². The van der Waals surface area contributed by atoms with E-state index < -0.39 is 0 Å². The minimum atomic E-state index is -0.00969. The van der Waals surface area contributed by atoms with Gasteiger partial charge in [-0.2, -0.15) is 0 Å². The number of ether oxygens (including phenoxy) is 1. The van der Waals surface area contributed by atoms with Crippen molar-refractivity contribution < 1.29 is 4.74 Å². The molecule has 0 bridgehead atoms. The van der Waals surface area contributed by atoms with Crippen LogP contribution in [0.2, 0.25) is 0 Å². The summed E-state index contributed by atoms with van der Waals surface area (Å²) in [7, 11) is 0. The number of unbranched alkanes of at least 4 members (excludes halogenated alkanes) is 4. The van der Waals surface area contributed by atoms with E-state index in [4.69, 9.17) is 10.5 Å². The smallest absolute Gasteiger partial charge is 0.124 e. The minimum absolute atomic E-state index is 0.00969. The van der Waals surface area contributed by atoms with Gasteiger partial charge in [-0.05, 0) is 32.0 Å². The SMILES string of the molecule is NCCCCCCCN1CCC2(CC1)CNCc1ccccc1O2. The number of piperidine rings is 1. The second-order valence-corrected chi connectivity index (χ2v) is 7.39. The Balaban J connectivity index is 1.43. The number of nitrogens with zero attached hydrogens (tertiary/aromatic N) is 1. The molecule has 3 N–H and O–H groups in total. The van der Waals surface area contributed by atoms with Crippen LogP contribution < -0.4 is 15.8 Å². The van der Waals surface area contributed by atoms with E-state index in [0.29, 0.717) is 0 Å². The van der Waals surface area contributed by atoms with E-state index >= 15 is 0 Å². The molecule has 1 fully saturated rings. The third kappa shape index (κ3) is 4.71. The van der Waals surface area contributed by atoms with Gasteiger partial charge in [-0.3, -0.25) is 0 Å². The number of likely N-dealkylation sites (tertiary alicyclic amines) is 1. The van der Waals surface area contributed by atoms with Gasteiger partial charge in [0, 0.05) is 44.6 Å². The van der Waals surface area contributed by atoms with Crippen LogP contribution in [0, 0.1) is 0 Å². The molecule has 0 unspecified atom stereocenters. The second-order valence-electron chi connectivity index (χ2n) is 7.39. The molecule has 0 aromatic heterocycles. The molecule has 24 heavy (non-hydrogen) atoms. The molecular formula is C20H33N3O. The molecule has 1 aromatic rings. The third-order valence-corrected chi connectivity index (χ3v) is 5.51. The Labute approximate surface area is 146 Å². The zero-order valence-electron chi connectivity index (χ0n) is 14.9. The van der Waals surface area contributed by atoms with Crippen LogP contribution in [0.25, 0.3) is 0 Å². The highest BCUT2D eigenvalue weighted by molar-refractivity contribution is 5.34. The summed E-state index contributed by atoms with van der Waals surface area (Å²) in [5.74, 6) is 1.08. The Hall–Kier alpha value is -1.10. The van der Waals surface area contributed by atoms with Gasteiger partial charge in [0.05, 0.1) is 0 Å². The first kappa shape index (κ1) is 17.7. The van der Waals surface area contributed by atoms with Crippen LogP contribution in [0.5, 0.6) is 5.75 Å². The lowest BCUT2D eigenvalue weighted by Gasteiger charge is -2.41.